The number of rotatable bonds is 6. The van der Waals surface area contributed by atoms with E-state index in [1.165, 1.54) is 10.5 Å². The molecule has 1 N–H and O–H groups in total. The number of hydrogen-bond donors (Lipinski definition) is 1. The van der Waals surface area contributed by atoms with Gasteiger partial charge in [-0.05, 0) is 46.1 Å². The van der Waals surface area contributed by atoms with Crippen LogP contribution in [0.3, 0.4) is 0 Å². The van der Waals surface area contributed by atoms with E-state index in [1.807, 2.05) is 36.4 Å². The minimum Gasteiger partial charge on any atom is -0.493 e. The van der Waals surface area contributed by atoms with E-state index in [0.29, 0.717) is 25.5 Å². The Hall–Kier alpha value is -1.46. The smallest absolute Gasteiger partial charge is 0.220 e. The van der Waals surface area contributed by atoms with Crippen LogP contribution in [0.25, 0.3) is 0 Å². The lowest BCUT2D eigenvalue weighted by molar-refractivity contribution is -0.120. The van der Waals surface area contributed by atoms with Gasteiger partial charge in [-0.2, -0.15) is 0 Å². The predicted molar refractivity (Wildman–Crippen MR) is 102 cm³/mol. The third kappa shape index (κ3) is 4.77. The van der Waals surface area contributed by atoms with Crippen LogP contribution in [0.1, 0.15) is 12.0 Å². The third-order valence-corrected chi connectivity index (χ3v) is 6.00. The predicted octanol–water partition coefficient (Wildman–Crippen LogP) is 4.30. The van der Waals surface area contributed by atoms with Crippen molar-refractivity contribution in [3.8, 4) is 5.75 Å². The van der Waals surface area contributed by atoms with Crippen molar-refractivity contribution in [1.82, 2.24) is 5.32 Å². The van der Waals surface area contributed by atoms with Gasteiger partial charge in [0.1, 0.15) is 5.75 Å². The Morgan fingerprint density at radius 1 is 1.21 bits per heavy atom. The van der Waals surface area contributed by atoms with Crippen molar-refractivity contribution in [3.05, 3.63) is 58.6 Å². The van der Waals surface area contributed by atoms with Crippen LogP contribution in [-0.4, -0.2) is 24.8 Å². The van der Waals surface area contributed by atoms with E-state index in [0.717, 1.165) is 22.4 Å². The van der Waals surface area contributed by atoms with Crippen LogP contribution < -0.4 is 10.1 Å². The van der Waals surface area contributed by atoms with Crippen LogP contribution in [0.15, 0.2) is 57.9 Å². The molecule has 0 aromatic heterocycles. The molecule has 1 heterocycles. The molecule has 0 saturated carbocycles. The summed E-state index contributed by atoms with van der Waals surface area (Å²) in [7, 11) is 0. The number of fused-ring (bicyclic) bond motifs is 1. The molecule has 3 nitrogen and oxygen atoms in total. The maximum absolute atomic E-state index is 12.0. The van der Waals surface area contributed by atoms with E-state index in [1.54, 1.807) is 11.8 Å². The Labute approximate surface area is 155 Å². The van der Waals surface area contributed by atoms with E-state index in [2.05, 4.69) is 33.4 Å². The number of amides is 1. The second kappa shape index (κ2) is 8.58. The molecule has 0 fully saturated rings. The van der Waals surface area contributed by atoms with Gasteiger partial charge in [-0.1, -0.05) is 30.3 Å². The van der Waals surface area contributed by atoms with Gasteiger partial charge in [-0.25, -0.2) is 0 Å². The summed E-state index contributed by atoms with van der Waals surface area (Å²) < 4.78 is 6.84. The summed E-state index contributed by atoms with van der Waals surface area (Å²) in [5, 5.41) is 3.04. The van der Waals surface area contributed by atoms with Crippen LogP contribution in [-0.2, 0) is 11.2 Å². The lowest BCUT2D eigenvalue weighted by atomic mass is 9.97. The van der Waals surface area contributed by atoms with Gasteiger partial charge < -0.3 is 10.1 Å². The molecule has 1 amide bonds. The number of thioether (sulfide) groups is 1. The molecule has 1 unspecified atom stereocenters. The Kier molecular flexibility index (Phi) is 6.21. The minimum absolute atomic E-state index is 0.105. The summed E-state index contributed by atoms with van der Waals surface area (Å²) in [4.78, 5) is 13.2. The lowest BCUT2D eigenvalue weighted by Gasteiger charge is -2.25. The van der Waals surface area contributed by atoms with Crippen LogP contribution in [0.5, 0.6) is 5.75 Å². The number of carbonyl (C=O) groups excluding carboxylic acids is 1. The third-order valence-electron chi connectivity index (χ3n) is 3.97. The highest BCUT2D eigenvalue weighted by Gasteiger charge is 2.19. The molecule has 0 spiro atoms. The van der Waals surface area contributed by atoms with Crippen molar-refractivity contribution in [2.45, 2.75) is 17.7 Å². The summed E-state index contributed by atoms with van der Waals surface area (Å²) in [6.45, 7) is 1.34. The van der Waals surface area contributed by atoms with Crippen molar-refractivity contribution in [3.63, 3.8) is 0 Å². The Bertz CT molecular complexity index is 707. The standard InChI is InChI=1S/C19H20BrNO2S/c20-16-6-2-4-8-18(16)24-10-9-19(22)21-12-14-11-15-5-1-3-7-17(15)23-13-14/h1-8,14H,9-13H2,(H,21,22). The normalized spacial score (nSPS) is 16.1. The zero-order valence-electron chi connectivity index (χ0n) is 13.3. The van der Waals surface area contributed by atoms with Gasteiger partial charge in [-0.15, -0.1) is 11.8 Å². The minimum atomic E-state index is 0.105. The molecular weight excluding hydrogens is 386 g/mol. The van der Waals surface area contributed by atoms with Crippen LogP contribution in [0.4, 0.5) is 0 Å². The van der Waals surface area contributed by atoms with Crippen molar-refractivity contribution in [2.75, 3.05) is 18.9 Å². The summed E-state index contributed by atoms with van der Waals surface area (Å²) in [6, 6.07) is 16.2. The van der Waals surface area contributed by atoms with Crippen molar-refractivity contribution in [2.24, 2.45) is 5.92 Å². The molecule has 3 rings (SSSR count). The molecule has 1 aliphatic rings. The lowest BCUT2D eigenvalue weighted by Crippen LogP contribution is -2.34. The fraction of sp³-hybridized carbons (Fsp3) is 0.316. The molecule has 0 bridgehead atoms. The monoisotopic (exact) mass is 405 g/mol. The number of halogens is 1. The average molecular weight is 406 g/mol. The zero-order valence-corrected chi connectivity index (χ0v) is 15.7. The van der Waals surface area contributed by atoms with Crippen molar-refractivity contribution < 1.29 is 9.53 Å². The first kappa shape index (κ1) is 17.4. The maximum Gasteiger partial charge on any atom is 0.220 e. The van der Waals surface area contributed by atoms with Gasteiger partial charge in [0, 0.05) is 34.0 Å². The number of carbonyl (C=O) groups is 1. The van der Waals surface area contributed by atoms with E-state index in [4.69, 9.17) is 4.74 Å². The molecule has 0 saturated heterocycles. The number of hydrogen-bond acceptors (Lipinski definition) is 3. The second-order valence-corrected chi connectivity index (χ2v) is 7.81. The van der Waals surface area contributed by atoms with Gasteiger partial charge in [0.05, 0.1) is 6.61 Å². The van der Waals surface area contributed by atoms with E-state index < -0.39 is 0 Å². The van der Waals surface area contributed by atoms with Gasteiger partial charge in [0.15, 0.2) is 0 Å². The summed E-state index contributed by atoms with van der Waals surface area (Å²) in [5.74, 6) is 2.21. The van der Waals surface area contributed by atoms with Gasteiger partial charge in [0.2, 0.25) is 5.91 Å². The van der Waals surface area contributed by atoms with Crippen LogP contribution in [0.2, 0.25) is 0 Å². The molecular formula is C19H20BrNO2S. The summed E-state index contributed by atoms with van der Waals surface area (Å²) in [5.41, 5.74) is 1.23. The molecule has 1 aliphatic heterocycles. The second-order valence-electron chi connectivity index (χ2n) is 5.82. The molecule has 5 heteroatoms. The zero-order chi connectivity index (χ0) is 16.8. The number of para-hydroxylation sites is 1. The molecule has 126 valence electrons. The first-order valence-electron chi connectivity index (χ1n) is 8.07. The molecule has 24 heavy (non-hydrogen) atoms. The van der Waals surface area contributed by atoms with Gasteiger partial charge >= 0.3 is 0 Å². The number of ether oxygens (including phenoxy) is 1. The first-order chi connectivity index (χ1) is 11.7. The maximum atomic E-state index is 12.0. The number of benzene rings is 2. The molecule has 1 atom stereocenters. The van der Waals surface area contributed by atoms with E-state index in [9.17, 15) is 4.79 Å². The van der Waals surface area contributed by atoms with Crippen molar-refractivity contribution in [1.29, 1.82) is 0 Å². The molecule has 0 radical (unpaired) electrons. The van der Waals surface area contributed by atoms with E-state index >= 15 is 0 Å². The topological polar surface area (TPSA) is 38.3 Å². The van der Waals surface area contributed by atoms with E-state index in [-0.39, 0.29) is 5.91 Å². The van der Waals surface area contributed by atoms with Gasteiger partial charge in [-0.3, -0.25) is 4.79 Å². The fourth-order valence-corrected chi connectivity index (χ4v) is 4.20. The number of nitrogens with one attached hydrogen (secondary N) is 1. The summed E-state index contributed by atoms with van der Waals surface area (Å²) >= 11 is 5.22. The Morgan fingerprint density at radius 2 is 2.00 bits per heavy atom. The highest BCUT2D eigenvalue weighted by molar-refractivity contribution is 9.10. The van der Waals surface area contributed by atoms with Crippen LogP contribution >= 0.6 is 27.7 Å². The Morgan fingerprint density at radius 3 is 2.88 bits per heavy atom. The molecule has 2 aromatic carbocycles. The largest absolute Gasteiger partial charge is 0.493 e. The molecule has 2 aromatic rings. The Balaban J connectivity index is 1.38. The highest BCUT2D eigenvalue weighted by atomic mass is 79.9. The quantitative estimate of drug-likeness (QED) is 0.727. The fourth-order valence-electron chi connectivity index (χ4n) is 2.68. The van der Waals surface area contributed by atoms with Gasteiger partial charge in [0.25, 0.3) is 0 Å². The molecule has 0 aliphatic carbocycles. The highest BCUT2D eigenvalue weighted by Crippen LogP contribution is 2.28. The summed E-state index contributed by atoms with van der Waals surface area (Å²) in [6.07, 6.45) is 1.48. The van der Waals surface area contributed by atoms with Crippen molar-refractivity contribution >= 4 is 33.6 Å². The van der Waals surface area contributed by atoms with Crippen LogP contribution in [0, 0.1) is 5.92 Å². The first-order valence-corrected chi connectivity index (χ1v) is 9.85. The SMILES string of the molecule is O=C(CCSc1ccccc1Br)NCC1COc2ccccc2C1. The average Bonchev–Trinajstić information content (AvgIpc) is 2.61.